The molecule has 2 aliphatic carbocycles. The van der Waals surface area contributed by atoms with Gasteiger partial charge in [-0.3, -0.25) is 9.59 Å². The molecule has 2 bridgehead atoms. The van der Waals surface area contributed by atoms with Crippen molar-refractivity contribution in [1.82, 2.24) is 9.80 Å². The zero-order chi connectivity index (χ0) is 17.4. The standard InChI is InChI=1S/C21H26N2O2/c1-22(21(25)19-14-15-7-8-17(19)13-15)18-9-11-23(12-10-18)20(24)16-5-3-2-4-6-16/h2-8,15,17-19H,9-14H2,1H3/t15-,17-,19-/m0/s1. The van der Waals surface area contributed by atoms with Crippen LogP contribution < -0.4 is 0 Å². The van der Waals surface area contributed by atoms with E-state index in [2.05, 4.69) is 12.2 Å². The van der Waals surface area contributed by atoms with E-state index in [-0.39, 0.29) is 17.9 Å². The number of fused-ring (bicyclic) bond motifs is 2. The van der Waals surface area contributed by atoms with Crippen LogP contribution in [0.5, 0.6) is 0 Å². The fourth-order valence-corrected chi connectivity index (χ4v) is 4.73. The van der Waals surface area contributed by atoms with Crippen molar-refractivity contribution in [3.05, 3.63) is 48.0 Å². The van der Waals surface area contributed by atoms with E-state index in [0.717, 1.165) is 44.3 Å². The number of carbonyl (C=O) groups excluding carboxylic acids is 2. The fraction of sp³-hybridized carbons (Fsp3) is 0.524. The minimum Gasteiger partial charge on any atom is -0.342 e. The summed E-state index contributed by atoms with van der Waals surface area (Å²) in [5.74, 6) is 1.68. The van der Waals surface area contributed by atoms with Gasteiger partial charge in [-0.2, -0.15) is 0 Å². The van der Waals surface area contributed by atoms with Crippen LogP contribution >= 0.6 is 0 Å². The molecule has 2 amide bonds. The second-order valence-corrected chi connectivity index (χ2v) is 7.73. The molecule has 0 aromatic heterocycles. The Morgan fingerprint density at radius 3 is 2.36 bits per heavy atom. The second-order valence-electron chi connectivity index (χ2n) is 7.73. The lowest BCUT2D eigenvalue weighted by Gasteiger charge is -2.38. The molecular formula is C21H26N2O2. The van der Waals surface area contributed by atoms with E-state index >= 15 is 0 Å². The normalized spacial score (nSPS) is 28.4. The number of nitrogens with zero attached hydrogens (tertiary/aromatic N) is 2. The lowest BCUT2D eigenvalue weighted by atomic mass is 9.91. The number of hydrogen-bond donors (Lipinski definition) is 0. The Morgan fingerprint density at radius 2 is 1.76 bits per heavy atom. The zero-order valence-electron chi connectivity index (χ0n) is 14.8. The molecule has 4 heteroatoms. The van der Waals surface area contributed by atoms with Gasteiger partial charge in [0.15, 0.2) is 0 Å². The van der Waals surface area contributed by atoms with Crippen molar-refractivity contribution in [2.45, 2.75) is 31.7 Å². The minimum absolute atomic E-state index is 0.103. The highest BCUT2D eigenvalue weighted by Crippen LogP contribution is 2.44. The van der Waals surface area contributed by atoms with Crippen LogP contribution in [0.2, 0.25) is 0 Å². The van der Waals surface area contributed by atoms with Crippen LogP contribution in [0.4, 0.5) is 0 Å². The van der Waals surface area contributed by atoms with Crippen LogP contribution in [0.1, 0.15) is 36.0 Å². The molecule has 0 radical (unpaired) electrons. The van der Waals surface area contributed by atoms with Crippen LogP contribution in [0, 0.1) is 17.8 Å². The van der Waals surface area contributed by atoms with E-state index in [9.17, 15) is 9.59 Å². The van der Waals surface area contributed by atoms with Gasteiger partial charge < -0.3 is 9.80 Å². The third-order valence-electron chi connectivity index (χ3n) is 6.26. The lowest BCUT2D eigenvalue weighted by Crippen LogP contribution is -2.49. The minimum atomic E-state index is 0.103. The Kier molecular flexibility index (Phi) is 4.36. The lowest BCUT2D eigenvalue weighted by molar-refractivity contribution is -0.137. The zero-order valence-corrected chi connectivity index (χ0v) is 14.8. The molecule has 1 aromatic carbocycles. The van der Waals surface area contributed by atoms with Gasteiger partial charge in [-0.05, 0) is 49.7 Å². The summed E-state index contributed by atoms with van der Waals surface area (Å²) < 4.78 is 0. The van der Waals surface area contributed by atoms with Crippen LogP contribution in [-0.4, -0.2) is 47.8 Å². The maximum atomic E-state index is 12.9. The fourth-order valence-electron chi connectivity index (χ4n) is 4.73. The largest absolute Gasteiger partial charge is 0.342 e. The van der Waals surface area contributed by atoms with Gasteiger partial charge in [0.05, 0.1) is 0 Å². The molecule has 0 spiro atoms. The molecular weight excluding hydrogens is 312 g/mol. The van der Waals surface area contributed by atoms with Gasteiger partial charge in [0, 0.05) is 37.7 Å². The highest BCUT2D eigenvalue weighted by atomic mass is 16.2. The molecule has 25 heavy (non-hydrogen) atoms. The molecule has 0 unspecified atom stereocenters. The Labute approximate surface area is 149 Å². The van der Waals surface area contributed by atoms with E-state index < -0.39 is 0 Å². The van der Waals surface area contributed by atoms with Crippen molar-refractivity contribution in [2.24, 2.45) is 17.8 Å². The predicted octanol–water partition coefficient (Wildman–Crippen LogP) is 2.96. The SMILES string of the molecule is CN(C(=O)[C@H]1C[C@H]2C=C[C@H]1C2)C1CCN(C(=O)c2ccccc2)CC1. The number of allylic oxidation sites excluding steroid dienone is 2. The molecule has 3 atom stereocenters. The van der Waals surface area contributed by atoms with E-state index in [1.165, 1.54) is 0 Å². The molecule has 4 nitrogen and oxygen atoms in total. The first-order valence-electron chi connectivity index (χ1n) is 9.43. The molecule has 1 aromatic rings. The van der Waals surface area contributed by atoms with Crippen LogP contribution in [0.15, 0.2) is 42.5 Å². The van der Waals surface area contributed by atoms with Gasteiger partial charge >= 0.3 is 0 Å². The van der Waals surface area contributed by atoms with Gasteiger partial charge in [0.25, 0.3) is 5.91 Å². The van der Waals surface area contributed by atoms with Gasteiger partial charge in [-0.25, -0.2) is 0 Å². The number of amides is 2. The third-order valence-corrected chi connectivity index (χ3v) is 6.26. The van der Waals surface area contributed by atoms with Crippen molar-refractivity contribution in [3.8, 4) is 0 Å². The van der Waals surface area contributed by atoms with Gasteiger partial charge in [0.1, 0.15) is 0 Å². The van der Waals surface area contributed by atoms with E-state index in [0.29, 0.717) is 17.7 Å². The number of rotatable bonds is 3. The highest BCUT2D eigenvalue weighted by Gasteiger charge is 2.42. The summed E-state index contributed by atoms with van der Waals surface area (Å²) in [7, 11) is 1.96. The monoisotopic (exact) mass is 338 g/mol. The van der Waals surface area contributed by atoms with Crippen molar-refractivity contribution in [2.75, 3.05) is 20.1 Å². The smallest absolute Gasteiger partial charge is 0.253 e. The van der Waals surface area contributed by atoms with Crippen LogP contribution in [0.25, 0.3) is 0 Å². The molecule has 1 saturated heterocycles. The van der Waals surface area contributed by atoms with Gasteiger partial charge in [-0.15, -0.1) is 0 Å². The van der Waals surface area contributed by atoms with Crippen molar-refractivity contribution in [3.63, 3.8) is 0 Å². The first-order chi connectivity index (χ1) is 12.1. The first kappa shape index (κ1) is 16.4. The van der Waals surface area contributed by atoms with Crippen LogP contribution in [-0.2, 0) is 4.79 Å². The third kappa shape index (κ3) is 3.10. The van der Waals surface area contributed by atoms with E-state index in [1.807, 2.05) is 47.2 Å². The maximum Gasteiger partial charge on any atom is 0.253 e. The average Bonchev–Trinajstić information content (AvgIpc) is 3.30. The Bertz CT molecular complexity index is 676. The summed E-state index contributed by atoms with van der Waals surface area (Å²) in [5.41, 5.74) is 0.749. The van der Waals surface area contributed by atoms with Crippen molar-refractivity contribution < 1.29 is 9.59 Å². The Balaban J connectivity index is 1.33. The Hall–Kier alpha value is -2.10. The predicted molar refractivity (Wildman–Crippen MR) is 97.0 cm³/mol. The van der Waals surface area contributed by atoms with Crippen molar-refractivity contribution in [1.29, 1.82) is 0 Å². The summed E-state index contributed by atoms with van der Waals surface area (Å²) in [6.45, 7) is 1.46. The summed E-state index contributed by atoms with van der Waals surface area (Å²) >= 11 is 0. The number of benzene rings is 1. The number of carbonyl (C=O) groups is 2. The summed E-state index contributed by atoms with van der Waals surface area (Å²) in [6.07, 6.45) is 8.45. The first-order valence-corrected chi connectivity index (χ1v) is 9.43. The highest BCUT2D eigenvalue weighted by molar-refractivity contribution is 5.94. The summed E-state index contributed by atoms with van der Waals surface area (Å²) in [6, 6.07) is 9.72. The van der Waals surface area contributed by atoms with Gasteiger partial charge in [0.2, 0.25) is 5.91 Å². The topological polar surface area (TPSA) is 40.6 Å². The quantitative estimate of drug-likeness (QED) is 0.795. The van der Waals surface area contributed by atoms with E-state index in [1.54, 1.807) is 0 Å². The summed E-state index contributed by atoms with van der Waals surface area (Å²) in [5, 5.41) is 0. The molecule has 1 aliphatic heterocycles. The van der Waals surface area contributed by atoms with E-state index in [4.69, 9.17) is 0 Å². The molecule has 1 heterocycles. The molecule has 2 fully saturated rings. The number of piperidine rings is 1. The van der Waals surface area contributed by atoms with Crippen molar-refractivity contribution >= 4 is 11.8 Å². The van der Waals surface area contributed by atoms with Gasteiger partial charge in [-0.1, -0.05) is 30.4 Å². The molecule has 1 saturated carbocycles. The number of hydrogen-bond acceptors (Lipinski definition) is 2. The summed E-state index contributed by atoms with van der Waals surface area (Å²) in [4.78, 5) is 29.3. The molecule has 0 N–H and O–H groups in total. The Morgan fingerprint density at radius 1 is 1.04 bits per heavy atom. The maximum absolute atomic E-state index is 12.9. The van der Waals surface area contributed by atoms with Crippen LogP contribution in [0.3, 0.4) is 0 Å². The average molecular weight is 338 g/mol. The molecule has 132 valence electrons. The number of likely N-dealkylation sites (tertiary alicyclic amines) is 1. The molecule has 4 rings (SSSR count). The molecule has 3 aliphatic rings. The second kappa shape index (κ2) is 6.66.